The third-order valence-corrected chi connectivity index (χ3v) is 4.60. The molecule has 1 fully saturated rings. The average molecular weight is 231 g/mol. The van der Waals surface area contributed by atoms with Gasteiger partial charge in [0, 0.05) is 4.70 Å². The van der Waals surface area contributed by atoms with Gasteiger partial charge in [0.1, 0.15) is 0 Å². The molecule has 0 amide bonds. The van der Waals surface area contributed by atoms with Gasteiger partial charge in [0.05, 0.1) is 0 Å². The van der Waals surface area contributed by atoms with E-state index in [1.54, 1.807) is 5.56 Å². The van der Waals surface area contributed by atoms with Crippen LogP contribution in [0.3, 0.4) is 0 Å². The smallest absolute Gasteiger partial charge is 0.0345 e. The molecule has 2 atom stereocenters. The number of hydrogen-bond acceptors (Lipinski definition) is 2. The Morgan fingerprint density at radius 2 is 2.25 bits per heavy atom. The van der Waals surface area contributed by atoms with Crippen LogP contribution in [0.5, 0.6) is 0 Å². The Balaban J connectivity index is 2.07. The van der Waals surface area contributed by atoms with Crippen LogP contribution in [0.1, 0.15) is 24.8 Å². The van der Waals surface area contributed by atoms with E-state index in [-0.39, 0.29) is 0 Å². The fourth-order valence-electron chi connectivity index (χ4n) is 2.82. The molecule has 2 unspecified atom stereocenters. The minimum Gasteiger partial charge on any atom is -0.316 e. The molecule has 2 heteroatoms. The van der Waals surface area contributed by atoms with Gasteiger partial charge in [0.25, 0.3) is 0 Å². The molecule has 1 aromatic carbocycles. The number of rotatable bonds is 1. The molecule has 2 aromatic rings. The van der Waals surface area contributed by atoms with Crippen LogP contribution in [0, 0.1) is 5.92 Å². The fourth-order valence-corrected chi connectivity index (χ4v) is 3.64. The molecule has 3 rings (SSSR count). The molecule has 0 radical (unpaired) electrons. The Hall–Kier alpha value is -0.860. The van der Waals surface area contributed by atoms with Crippen LogP contribution < -0.4 is 5.32 Å². The van der Waals surface area contributed by atoms with E-state index in [0.717, 1.165) is 24.9 Å². The summed E-state index contributed by atoms with van der Waals surface area (Å²) in [5.41, 5.74) is 1.56. The number of fused-ring (bicyclic) bond motifs is 1. The number of piperidine rings is 1. The molecule has 2 heterocycles. The first-order valence-electron chi connectivity index (χ1n) is 6.03. The van der Waals surface area contributed by atoms with Gasteiger partial charge >= 0.3 is 0 Å². The van der Waals surface area contributed by atoms with Crippen LogP contribution in [0.2, 0.25) is 0 Å². The molecule has 1 aromatic heterocycles. The van der Waals surface area contributed by atoms with Crippen molar-refractivity contribution < 1.29 is 0 Å². The van der Waals surface area contributed by atoms with E-state index >= 15 is 0 Å². The molecule has 1 saturated heterocycles. The van der Waals surface area contributed by atoms with E-state index in [9.17, 15) is 0 Å². The second-order valence-corrected chi connectivity index (χ2v) is 5.70. The van der Waals surface area contributed by atoms with Gasteiger partial charge < -0.3 is 5.32 Å². The highest BCUT2D eigenvalue weighted by molar-refractivity contribution is 7.17. The number of hydrogen-bond donors (Lipinski definition) is 1. The third kappa shape index (κ3) is 1.66. The fraction of sp³-hybridized carbons (Fsp3) is 0.429. The van der Waals surface area contributed by atoms with Gasteiger partial charge in [-0.3, -0.25) is 0 Å². The lowest BCUT2D eigenvalue weighted by Gasteiger charge is -2.30. The summed E-state index contributed by atoms with van der Waals surface area (Å²) in [5, 5.41) is 7.16. The Bertz CT molecular complexity index is 488. The number of benzene rings is 1. The maximum Gasteiger partial charge on any atom is 0.0345 e. The molecular formula is C14H17NS. The number of thiophene rings is 1. The molecular weight excluding hydrogens is 214 g/mol. The quantitative estimate of drug-likeness (QED) is 0.790. The summed E-state index contributed by atoms with van der Waals surface area (Å²) in [6.07, 6.45) is 1.27. The lowest BCUT2D eigenvalue weighted by molar-refractivity contribution is 0.351. The van der Waals surface area contributed by atoms with E-state index in [4.69, 9.17) is 0 Å². The van der Waals surface area contributed by atoms with Gasteiger partial charge in [-0.15, -0.1) is 11.3 Å². The Labute approximate surface area is 100 Å². The van der Waals surface area contributed by atoms with E-state index in [0.29, 0.717) is 0 Å². The zero-order valence-corrected chi connectivity index (χ0v) is 10.4. The standard InChI is InChI=1S/C14H17NS/c1-10-9-15-7-5-11(10)12-3-2-4-14-13(12)6-8-16-14/h2-4,6,8,10-11,15H,5,7,9H2,1H3. The van der Waals surface area contributed by atoms with Gasteiger partial charge in [0.15, 0.2) is 0 Å². The SMILES string of the molecule is CC1CNCCC1c1cccc2sccc12. The summed E-state index contributed by atoms with van der Waals surface area (Å²) >= 11 is 1.85. The summed E-state index contributed by atoms with van der Waals surface area (Å²) in [6.45, 7) is 4.68. The van der Waals surface area contributed by atoms with Crippen LogP contribution in [0.25, 0.3) is 10.1 Å². The molecule has 0 aliphatic carbocycles. The Kier molecular flexibility index (Phi) is 2.70. The lowest BCUT2D eigenvalue weighted by Crippen LogP contribution is -2.33. The van der Waals surface area contributed by atoms with Gasteiger partial charge in [-0.1, -0.05) is 19.1 Å². The zero-order chi connectivity index (χ0) is 11.0. The van der Waals surface area contributed by atoms with Crippen LogP contribution in [0.15, 0.2) is 29.6 Å². The van der Waals surface area contributed by atoms with Gasteiger partial charge in [-0.05, 0) is 59.8 Å². The normalized spacial score (nSPS) is 26.1. The van der Waals surface area contributed by atoms with Crippen molar-refractivity contribution in [1.82, 2.24) is 5.32 Å². The Morgan fingerprint density at radius 3 is 3.12 bits per heavy atom. The van der Waals surface area contributed by atoms with Crippen LogP contribution in [0.4, 0.5) is 0 Å². The second-order valence-electron chi connectivity index (χ2n) is 4.76. The molecule has 0 bridgehead atoms. The molecule has 1 aliphatic rings. The predicted molar refractivity (Wildman–Crippen MR) is 71.2 cm³/mol. The highest BCUT2D eigenvalue weighted by Gasteiger charge is 2.23. The number of nitrogens with one attached hydrogen (secondary N) is 1. The van der Waals surface area contributed by atoms with Crippen molar-refractivity contribution in [1.29, 1.82) is 0 Å². The highest BCUT2D eigenvalue weighted by atomic mass is 32.1. The summed E-state index contributed by atoms with van der Waals surface area (Å²) in [7, 11) is 0. The lowest BCUT2D eigenvalue weighted by atomic mass is 9.81. The van der Waals surface area contributed by atoms with Gasteiger partial charge in [-0.25, -0.2) is 0 Å². The monoisotopic (exact) mass is 231 g/mol. The maximum atomic E-state index is 3.48. The Morgan fingerprint density at radius 1 is 1.31 bits per heavy atom. The van der Waals surface area contributed by atoms with Crippen molar-refractivity contribution in [2.24, 2.45) is 5.92 Å². The first-order chi connectivity index (χ1) is 7.86. The second kappa shape index (κ2) is 4.19. The van der Waals surface area contributed by atoms with Crippen LogP contribution >= 0.6 is 11.3 Å². The first-order valence-corrected chi connectivity index (χ1v) is 6.91. The van der Waals surface area contributed by atoms with Crippen molar-refractivity contribution in [2.45, 2.75) is 19.3 Å². The molecule has 0 spiro atoms. The predicted octanol–water partition coefficient (Wildman–Crippen LogP) is 3.61. The van der Waals surface area contributed by atoms with Gasteiger partial charge in [-0.2, -0.15) is 0 Å². The molecule has 16 heavy (non-hydrogen) atoms. The van der Waals surface area contributed by atoms with E-state index < -0.39 is 0 Å². The minimum atomic E-state index is 0.736. The topological polar surface area (TPSA) is 12.0 Å². The van der Waals surface area contributed by atoms with Gasteiger partial charge in [0.2, 0.25) is 0 Å². The van der Waals surface area contributed by atoms with Crippen molar-refractivity contribution in [3.05, 3.63) is 35.2 Å². The maximum absolute atomic E-state index is 3.48. The summed E-state index contributed by atoms with van der Waals surface area (Å²) in [5.74, 6) is 1.48. The largest absolute Gasteiger partial charge is 0.316 e. The summed E-state index contributed by atoms with van der Waals surface area (Å²) in [4.78, 5) is 0. The van der Waals surface area contributed by atoms with Crippen molar-refractivity contribution in [2.75, 3.05) is 13.1 Å². The van der Waals surface area contributed by atoms with Crippen LogP contribution in [-0.2, 0) is 0 Å². The molecule has 1 N–H and O–H groups in total. The first kappa shape index (κ1) is 10.3. The third-order valence-electron chi connectivity index (χ3n) is 3.71. The molecule has 1 aliphatic heterocycles. The van der Waals surface area contributed by atoms with E-state index in [2.05, 4.69) is 41.9 Å². The van der Waals surface area contributed by atoms with Crippen molar-refractivity contribution in [3.8, 4) is 0 Å². The zero-order valence-electron chi connectivity index (χ0n) is 9.57. The van der Waals surface area contributed by atoms with E-state index in [1.807, 2.05) is 11.3 Å². The van der Waals surface area contributed by atoms with E-state index in [1.165, 1.54) is 16.5 Å². The molecule has 84 valence electrons. The van der Waals surface area contributed by atoms with Crippen molar-refractivity contribution >= 4 is 21.4 Å². The summed E-state index contributed by atoms with van der Waals surface area (Å²) < 4.78 is 1.43. The molecule has 1 nitrogen and oxygen atoms in total. The minimum absolute atomic E-state index is 0.736. The van der Waals surface area contributed by atoms with Crippen LogP contribution in [-0.4, -0.2) is 13.1 Å². The highest BCUT2D eigenvalue weighted by Crippen LogP contribution is 2.36. The molecule has 0 saturated carbocycles. The summed E-state index contributed by atoms with van der Waals surface area (Å²) in [6, 6.07) is 9.05. The average Bonchev–Trinajstić information content (AvgIpc) is 2.77. The van der Waals surface area contributed by atoms with Crippen molar-refractivity contribution in [3.63, 3.8) is 0 Å².